The van der Waals surface area contributed by atoms with Crippen molar-refractivity contribution in [2.75, 3.05) is 0 Å². The number of aromatic hydroxyl groups is 1. The molecule has 0 aliphatic carbocycles. The Morgan fingerprint density at radius 1 is 1.24 bits per heavy atom. The third kappa shape index (κ3) is 2.60. The van der Waals surface area contributed by atoms with E-state index < -0.39 is 11.4 Å². The van der Waals surface area contributed by atoms with Crippen LogP contribution in [0.5, 0.6) is 5.75 Å². The van der Waals surface area contributed by atoms with E-state index in [-0.39, 0.29) is 5.75 Å². The molecule has 1 aromatic carbocycles. The van der Waals surface area contributed by atoms with Crippen molar-refractivity contribution in [1.29, 1.82) is 0 Å². The number of hydrogen-bond acceptors (Lipinski definition) is 2. The molecule has 0 radical (unpaired) electrons. The van der Waals surface area contributed by atoms with Gasteiger partial charge in [0.2, 0.25) is 0 Å². The first kappa shape index (κ1) is 13.6. The number of carboxylic acid groups (broad SMARTS) is 1. The van der Waals surface area contributed by atoms with Gasteiger partial charge >= 0.3 is 5.97 Å². The number of rotatable bonds is 3. The van der Waals surface area contributed by atoms with Crippen molar-refractivity contribution >= 4 is 5.97 Å². The van der Waals surface area contributed by atoms with Crippen molar-refractivity contribution in [1.82, 2.24) is 0 Å². The van der Waals surface area contributed by atoms with Gasteiger partial charge in [0.15, 0.2) is 0 Å². The standard InChI is InChI=1S/C14H20O3/c1-8-6-12(15)10(3)9(2)11(8)7-14(4,5)13(16)17/h6,15H,7H2,1-5H3,(H,16,17). The average Bonchev–Trinajstić information content (AvgIpc) is 2.21. The largest absolute Gasteiger partial charge is 0.508 e. The van der Waals surface area contributed by atoms with Crippen LogP contribution in [0.4, 0.5) is 0 Å². The van der Waals surface area contributed by atoms with Crippen LogP contribution >= 0.6 is 0 Å². The van der Waals surface area contributed by atoms with Crippen molar-refractivity contribution in [3.63, 3.8) is 0 Å². The van der Waals surface area contributed by atoms with Gasteiger partial charge in [0, 0.05) is 0 Å². The molecule has 0 aliphatic heterocycles. The Bertz CT molecular complexity index is 459. The number of hydrogen-bond donors (Lipinski definition) is 2. The van der Waals surface area contributed by atoms with Crippen molar-refractivity contribution in [2.45, 2.75) is 41.0 Å². The van der Waals surface area contributed by atoms with E-state index in [0.29, 0.717) is 6.42 Å². The molecule has 94 valence electrons. The molecule has 0 fully saturated rings. The summed E-state index contributed by atoms with van der Waals surface area (Å²) >= 11 is 0. The maximum Gasteiger partial charge on any atom is 0.309 e. The number of phenols is 1. The van der Waals surface area contributed by atoms with E-state index in [2.05, 4.69) is 0 Å². The van der Waals surface area contributed by atoms with Gasteiger partial charge in [-0.05, 0) is 69.4 Å². The van der Waals surface area contributed by atoms with Gasteiger partial charge in [-0.2, -0.15) is 0 Å². The van der Waals surface area contributed by atoms with Crippen molar-refractivity contribution < 1.29 is 15.0 Å². The fraction of sp³-hybridized carbons (Fsp3) is 0.500. The van der Waals surface area contributed by atoms with E-state index in [9.17, 15) is 9.90 Å². The van der Waals surface area contributed by atoms with E-state index in [1.165, 1.54) is 0 Å². The first-order chi connectivity index (χ1) is 7.66. The predicted octanol–water partition coefficient (Wildman–Crippen LogP) is 2.97. The minimum atomic E-state index is -0.804. The quantitative estimate of drug-likeness (QED) is 0.848. The molecule has 1 rings (SSSR count). The molecule has 0 aliphatic rings. The molecule has 0 unspecified atom stereocenters. The van der Waals surface area contributed by atoms with Crippen LogP contribution in [0.3, 0.4) is 0 Å². The highest BCUT2D eigenvalue weighted by atomic mass is 16.4. The maximum atomic E-state index is 11.2. The molecule has 3 heteroatoms. The second-order valence-corrected chi connectivity index (χ2v) is 5.31. The van der Waals surface area contributed by atoms with Crippen LogP contribution in [0.1, 0.15) is 36.1 Å². The first-order valence-corrected chi connectivity index (χ1v) is 5.69. The number of aryl methyl sites for hydroxylation is 1. The normalized spacial score (nSPS) is 11.6. The summed E-state index contributed by atoms with van der Waals surface area (Å²) in [6.07, 6.45) is 0.473. The Kier molecular flexibility index (Phi) is 3.51. The van der Waals surface area contributed by atoms with Gasteiger partial charge in [0.1, 0.15) is 5.75 Å². The molecular weight excluding hydrogens is 216 g/mol. The van der Waals surface area contributed by atoms with Crippen LogP contribution in [0.25, 0.3) is 0 Å². The van der Waals surface area contributed by atoms with Crippen LogP contribution in [0, 0.1) is 26.2 Å². The molecule has 0 atom stereocenters. The van der Waals surface area contributed by atoms with Crippen LogP contribution < -0.4 is 0 Å². The number of carbonyl (C=O) groups is 1. The Morgan fingerprint density at radius 3 is 2.24 bits per heavy atom. The number of phenolic OH excluding ortho intramolecular Hbond substituents is 1. The Morgan fingerprint density at radius 2 is 1.76 bits per heavy atom. The van der Waals surface area contributed by atoms with Crippen LogP contribution in [-0.2, 0) is 11.2 Å². The lowest BCUT2D eigenvalue weighted by Crippen LogP contribution is -2.27. The second kappa shape index (κ2) is 4.40. The van der Waals surface area contributed by atoms with Gasteiger partial charge in [-0.15, -0.1) is 0 Å². The SMILES string of the molecule is Cc1cc(O)c(C)c(C)c1CC(C)(C)C(=O)O. The Hall–Kier alpha value is -1.51. The third-order valence-corrected chi connectivity index (χ3v) is 3.43. The lowest BCUT2D eigenvalue weighted by atomic mass is 9.82. The van der Waals surface area contributed by atoms with E-state index in [1.807, 2.05) is 20.8 Å². The Balaban J connectivity index is 3.25. The zero-order valence-corrected chi connectivity index (χ0v) is 11.1. The number of carboxylic acids is 1. The predicted molar refractivity (Wildman–Crippen MR) is 67.4 cm³/mol. The van der Waals surface area contributed by atoms with E-state index in [4.69, 9.17) is 5.11 Å². The van der Waals surface area contributed by atoms with Crippen LogP contribution in [0.2, 0.25) is 0 Å². The highest BCUT2D eigenvalue weighted by molar-refractivity contribution is 5.74. The topological polar surface area (TPSA) is 57.5 Å². The molecule has 0 heterocycles. The number of benzene rings is 1. The average molecular weight is 236 g/mol. The van der Waals surface area contributed by atoms with E-state index >= 15 is 0 Å². The summed E-state index contributed by atoms with van der Waals surface area (Å²) in [5.41, 5.74) is 2.98. The summed E-state index contributed by atoms with van der Waals surface area (Å²) < 4.78 is 0. The summed E-state index contributed by atoms with van der Waals surface area (Å²) in [5.74, 6) is -0.529. The van der Waals surface area contributed by atoms with E-state index in [0.717, 1.165) is 22.3 Å². The lowest BCUT2D eigenvalue weighted by molar-refractivity contribution is -0.146. The van der Waals surface area contributed by atoms with Crippen LogP contribution in [-0.4, -0.2) is 16.2 Å². The molecule has 0 aromatic heterocycles. The van der Waals surface area contributed by atoms with Gasteiger partial charge in [-0.25, -0.2) is 0 Å². The molecule has 1 aromatic rings. The van der Waals surface area contributed by atoms with Crippen molar-refractivity contribution in [3.8, 4) is 5.75 Å². The maximum absolute atomic E-state index is 11.2. The number of aliphatic carboxylic acids is 1. The fourth-order valence-electron chi connectivity index (χ4n) is 1.90. The summed E-state index contributed by atoms with van der Waals surface area (Å²) in [7, 11) is 0. The molecular formula is C14H20O3. The van der Waals surface area contributed by atoms with Gasteiger partial charge < -0.3 is 10.2 Å². The lowest BCUT2D eigenvalue weighted by Gasteiger charge is -2.23. The third-order valence-electron chi connectivity index (χ3n) is 3.43. The molecule has 0 saturated carbocycles. The zero-order chi connectivity index (χ0) is 13.4. The molecule has 0 bridgehead atoms. The monoisotopic (exact) mass is 236 g/mol. The second-order valence-electron chi connectivity index (χ2n) is 5.31. The first-order valence-electron chi connectivity index (χ1n) is 5.69. The zero-order valence-electron chi connectivity index (χ0n) is 11.1. The molecule has 0 spiro atoms. The van der Waals surface area contributed by atoms with Gasteiger partial charge in [0.25, 0.3) is 0 Å². The van der Waals surface area contributed by atoms with Gasteiger partial charge in [-0.3, -0.25) is 4.79 Å². The summed E-state index contributed by atoms with van der Waals surface area (Å²) in [6, 6.07) is 1.70. The van der Waals surface area contributed by atoms with Gasteiger partial charge in [0.05, 0.1) is 5.41 Å². The summed E-state index contributed by atoms with van der Waals surface area (Å²) in [6.45, 7) is 9.11. The highest BCUT2D eigenvalue weighted by Crippen LogP contribution is 2.31. The Labute approximate surface area is 102 Å². The smallest absolute Gasteiger partial charge is 0.309 e. The molecule has 0 amide bonds. The minimum Gasteiger partial charge on any atom is -0.508 e. The fourth-order valence-corrected chi connectivity index (χ4v) is 1.90. The van der Waals surface area contributed by atoms with Gasteiger partial charge in [-0.1, -0.05) is 0 Å². The molecule has 2 N–H and O–H groups in total. The molecule has 0 saturated heterocycles. The van der Waals surface area contributed by atoms with Crippen LogP contribution in [0.15, 0.2) is 6.07 Å². The van der Waals surface area contributed by atoms with Crippen molar-refractivity contribution in [2.24, 2.45) is 5.41 Å². The minimum absolute atomic E-state index is 0.275. The molecule has 3 nitrogen and oxygen atoms in total. The summed E-state index contributed by atoms with van der Waals surface area (Å²) in [5, 5.41) is 18.9. The van der Waals surface area contributed by atoms with Crippen molar-refractivity contribution in [3.05, 3.63) is 28.3 Å². The van der Waals surface area contributed by atoms with E-state index in [1.54, 1.807) is 19.9 Å². The highest BCUT2D eigenvalue weighted by Gasteiger charge is 2.29. The molecule has 17 heavy (non-hydrogen) atoms. The summed E-state index contributed by atoms with van der Waals surface area (Å²) in [4.78, 5) is 11.2.